The summed E-state index contributed by atoms with van der Waals surface area (Å²) in [6.07, 6.45) is 3.41. The van der Waals surface area contributed by atoms with Crippen molar-refractivity contribution in [2.45, 2.75) is 38.1 Å². The Morgan fingerprint density at radius 3 is 2.50 bits per heavy atom. The van der Waals surface area contributed by atoms with E-state index >= 15 is 0 Å². The molecular formula is C11H22N4O2S. The van der Waals surface area contributed by atoms with E-state index in [1.54, 1.807) is 7.05 Å². The van der Waals surface area contributed by atoms with Gasteiger partial charge in [0, 0.05) is 19.3 Å². The first-order valence-electron chi connectivity index (χ1n) is 5.88. The highest BCUT2D eigenvalue weighted by Crippen LogP contribution is 2.23. The third kappa shape index (κ3) is 3.79. The van der Waals surface area contributed by atoms with Crippen molar-refractivity contribution >= 4 is 10.0 Å². The number of nitrogens with two attached hydrogens (primary N) is 1. The lowest BCUT2D eigenvalue weighted by molar-refractivity contribution is 0.287. The minimum atomic E-state index is -3.53. The molecule has 104 valence electrons. The van der Waals surface area contributed by atoms with E-state index in [9.17, 15) is 8.42 Å². The van der Waals surface area contributed by atoms with Gasteiger partial charge in [0.2, 0.25) is 10.0 Å². The van der Waals surface area contributed by atoms with E-state index in [-0.39, 0.29) is 16.4 Å². The molecule has 0 aromatic carbocycles. The van der Waals surface area contributed by atoms with Gasteiger partial charge in [-0.2, -0.15) is 5.10 Å². The van der Waals surface area contributed by atoms with E-state index in [1.807, 2.05) is 20.8 Å². The molecule has 0 aliphatic heterocycles. The summed E-state index contributed by atoms with van der Waals surface area (Å²) in [4.78, 5) is 0.177. The van der Waals surface area contributed by atoms with Crippen LogP contribution in [0.1, 0.15) is 27.2 Å². The molecule has 1 aromatic heterocycles. The average molecular weight is 274 g/mol. The van der Waals surface area contributed by atoms with Crippen LogP contribution in [-0.2, 0) is 17.1 Å². The van der Waals surface area contributed by atoms with Crippen LogP contribution >= 0.6 is 0 Å². The van der Waals surface area contributed by atoms with Crippen molar-refractivity contribution in [3.05, 3.63) is 12.4 Å². The molecule has 1 heterocycles. The van der Waals surface area contributed by atoms with Crippen LogP contribution in [0.2, 0.25) is 0 Å². The highest BCUT2D eigenvalue weighted by molar-refractivity contribution is 7.89. The molecule has 7 heteroatoms. The quantitative estimate of drug-likeness (QED) is 0.816. The maximum absolute atomic E-state index is 12.2. The zero-order valence-corrected chi connectivity index (χ0v) is 12.2. The lowest BCUT2D eigenvalue weighted by atomic mass is 9.85. The maximum Gasteiger partial charge on any atom is 0.243 e. The largest absolute Gasteiger partial charge is 0.330 e. The monoisotopic (exact) mass is 274 g/mol. The number of nitrogens with zero attached hydrogens (tertiary/aromatic N) is 2. The number of nitrogens with one attached hydrogen (secondary N) is 1. The summed E-state index contributed by atoms with van der Waals surface area (Å²) < 4.78 is 28.5. The number of rotatable bonds is 5. The van der Waals surface area contributed by atoms with Crippen LogP contribution in [0, 0.1) is 5.41 Å². The molecule has 6 nitrogen and oxygen atoms in total. The Morgan fingerprint density at radius 1 is 1.50 bits per heavy atom. The highest BCUT2D eigenvalue weighted by atomic mass is 32.2. The van der Waals surface area contributed by atoms with E-state index in [4.69, 9.17) is 5.73 Å². The summed E-state index contributed by atoms with van der Waals surface area (Å²) in [6.45, 7) is 6.40. The molecule has 0 fully saturated rings. The second-order valence-corrected chi connectivity index (χ2v) is 7.18. The van der Waals surface area contributed by atoms with Crippen molar-refractivity contribution in [2.24, 2.45) is 18.2 Å². The zero-order valence-electron chi connectivity index (χ0n) is 11.3. The third-order valence-electron chi connectivity index (χ3n) is 2.79. The summed E-state index contributed by atoms with van der Waals surface area (Å²) in [5, 5.41) is 3.87. The molecule has 18 heavy (non-hydrogen) atoms. The Hall–Kier alpha value is -0.920. The number of aromatic nitrogens is 2. The molecule has 0 bridgehead atoms. The van der Waals surface area contributed by atoms with Crippen LogP contribution in [0.25, 0.3) is 0 Å². The Bertz CT molecular complexity index is 487. The first-order valence-corrected chi connectivity index (χ1v) is 7.36. The van der Waals surface area contributed by atoms with Crippen molar-refractivity contribution in [3.8, 4) is 0 Å². The van der Waals surface area contributed by atoms with Gasteiger partial charge in [0.1, 0.15) is 4.90 Å². The van der Waals surface area contributed by atoms with Crippen LogP contribution in [-0.4, -0.2) is 30.8 Å². The van der Waals surface area contributed by atoms with Crippen molar-refractivity contribution in [3.63, 3.8) is 0 Å². The van der Waals surface area contributed by atoms with Gasteiger partial charge < -0.3 is 5.73 Å². The van der Waals surface area contributed by atoms with Crippen LogP contribution in [0.4, 0.5) is 0 Å². The zero-order chi connectivity index (χ0) is 14.0. The van der Waals surface area contributed by atoms with Gasteiger partial charge in [-0.15, -0.1) is 0 Å². The Labute approximate surface area is 109 Å². The molecule has 0 saturated carbocycles. The van der Waals surface area contributed by atoms with Gasteiger partial charge in [-0.1, -0.05) is 20.8 Å². The SMILES string of the molecule is Cn1cc(S(=O)(=O)NC(CCN)C(C)(C)C)cn1. The van der Waals surface area contributed by atoms with Crippen LogP contribution < -0.4 is 10.5 Å². The van der Waals surface area contributed by atoms with Crippen molar-refractivity contribution < 1.29 is 8.42 Å². The van der Waals surface area contributed by atoms with Crippen LogP contribution in [0.3, 0.4) is 0 Å². The Kier molecular flexibility index (Phi) is 4.52. The van der Waals surface area contributed by atoms with Crippen LogP contribution in [0.5, 0.6) is 0 Å². The minimum absolute atomic E-state index is 0.177. The fraction of sp³-hybridized carbons (Fsp3) is 0.727. The summed E-state index contributed by atoms with van der Waals surface area (Å²) in [5.74, 6) is 0. The van der Waals surface area contributed by atoms with Crippen molar-refractivity contribution in [1.82, 2.24) is 14.5 Å². The Morgan fingerprint density at radius 2 is 2.11 bits per heavy atom. The summed E-state index contributed by atoms with van der Waals surface area (Å²) in [5.41, 5.74) is 5.35. The molecule has 1 unspecified atom stereocenters. The molecule has 0 aliphatic carbocycles. The van der Waals surface area contributed by atoms with Gasteiger partial charge in [-0.05, 0) is 18.4 Å². The number of hydrogen-bond acceptors (Lipinski definition) is 4. The lowest BCUT2D eigenvalue weighted by Gasteiger charge is -2.30. The molecule has 0 aliphatic rings. The molecule has 1 atom stereocenters. The molecule has 1 aromatic rings. The standard InChI is InChI=1S/C11H22N4O2S/c1-11(2,3)10(5-6-12)14-18(16,17)9-7-13-15(4)8-9/h7-8,10,14H,5-6,12H2,1-4H3. The predicted molar refractivity (Wildman–Crippen MR) is 70.4 cm³/mol. The molecule has 0 saturated heterocycles. The van der Waals surface area contributed by atoms with Gasteiger partial charge in [0.15, 0.2) is 0 Å². The lowest BCUT2D eigenvalue weighted by Crippen LogP contribution is -2.44. The van der Waals surface area contributed by atoms with E-state index in [1.165, 1.54) is 17.1 Å². The van der Waals surface area contributed by atoms with Crippen molar-refractivity contribution in [2.75, 3.05) is 6.54 Å². The van der Waals surface area contributed by atoms with Gasteiger partial charge >= 0.3 is 0 Å². The Balaban J connectivity index is 2.93. The summed E-state index contributed by atoms with van der Waals surface area (Å²) >= 11 is 0. The number of hydrogen-bond donors (Lipinski definition) is 2. The van der Waals surface area contributed by atoms with E-state index in [2.05, 4.69) is 9.82 Å². The first-order chi connectivity index (χ1) is 8.16. The molecular weight excluding hydrogens is 252 g/mol. The molecule has 0 spiro atoms. The maximum atomic E-state index is 12.2. The second-order valence-electron chi connectivity index (χ2n) is 5.47. The molecule has 1 rings (SSSR count). The predicted octanol–water partition coefficient (Wildman–Crippen LogP) is 0.462. The second kappa shape index (κ2) is 5.38. The first kappa shape index (κ1) is 15.1. The number of sulfonamides is 1. The van der Waals surface area contributed by atoms with Crippen molar-refractivity contribution in [1.29, 1.82) is 0 Å². The summed E-state index contributed by atoms with van der Waals surface area (Å²) in [7, 11) is -1.85. The fourth-order valence-electron chi connectivity index (χ4n) is 1.63. The minimum Gasteiger partial charge on any atom is -0.330 e. The fourth-order valence-corrected chi connectivity index (χ4v) is 3.09. The van der Waals surface area contributed by atoms with Gasteiger partial charge in [-0.25, -0.2) is 13.1 Å². The number of aryl methyl sites for hydroxylation is 1. The third-order valence-corrected chi connectivity index (χ3v) is 4.22. The van der Waals surface area contributed by atoms with E-state index in [0.717, 1.165) is 0 Å². The molecule has 0 radical (unpaired) electrons. The topological polar surface area (TPSA) is 90.0 Å². The van der Waals surface area contributed by atoms with Gasteiger partial charge in [-0.3, -0.25) is 4.68 Å². The van der Waals surface area contributed by atoms with E-state index in [0.29, 0.717) is 13.0 Å². The van der Waals surface area contributed by atoms with Gasteiger partial charge in [0.05, 0.1) is 6.20 Å². The van der Waals surface area contributed by atoms with Crippen LogP contribution in [0.15, 0.2) is 17.3 Å². The highest BCUT2D eigenvalue weighted by Gasteiger charge is 2.29. The summed E-state index contributed by atoms with van der Waals surface area (Å²) in [6, 6.07) is -0.201. The molecule has 0 amide bonds. The van der Waals surface area contributed by atoms with E-state index < -0.39 is 10.0 Å². The average Bonchev–Trinajstić information content (AvgIpc) is 2.63. The molecule has 3 N–H and O–H groups in total. The smallest absolute Gasteiger partial charge is 0.243 e. The van der Waals surface area contributed by atoms with Gasteiger partial charge in [0.25, 0.3) is 0 Å². The normalized spacial score (nSPS) is 14.7.